The van der Waals surface area contributed by atoms with Gasteiger partial charge in [0.2, 0.25) is 17.7 Å². The van der Waals surface area contributed by atoms with Crippen LogP contribution in [0, 0.1) is 11.7 Å². The molecule has 8 heteroatoms. The zero-order valence-corrected chi connectivity index (χ0v) is 22.2. The molecule has 0 saturated carbocycles. The van der Waals surface area contributed by atoms with Crippen LogP contribution in [0.5, 0.6) is 0 Å². The number of carbonyl (C=O) groups is 3. The third-order valence-corrected chi connectivity index (χ3v) is 8.39. The van der Waals surface area contributed by atoms with Gasteiger partial charge in [-0.2, -0.15) is 0 Å². The van der Waals surface area contributed by atoms with Crippen molar-refractivity contribution in [3.63, 3.8) is 0 Å². The van der Waals surface area contributed by atoms with E-state index in [0.717, 1.165) is 37.2 Å². The molecule has 0 aromatic heterocycles. The Labute approximate surface area is 223 Å². The topological polar surface area (TPSA) is 81.8 Å². The summed E-state index contributed by atoms with van der Waals surface area (Å²) < 4.78 is 13.9. The first-order valence-electron chi connectivity index (χ1n) is 13.7. The van der Waals surface area contributed by atoms with Crippen molar-refractivity contribution in [3.05, 3.63) is 65.5 Å². The van der Waals surface area contributed by atoms with E-state index in [9.17, 15) is 18.8 Å². The number of hydrogen-bond acceptors (Lipinski definition) is 4. The Balaban J connectivity index is 1.28. The summed E-state index contributed by atoms with van der Waals surface area (Å²) >= 11 is 0. The third kappa shape index (κ3) is 5.19. The largest absolute Gasteiger partial charge is 0.344 e. The quantitative estimate of drug-likeness (QED) is 0.613. The number of carbonyl (C=O) groups excluding carboxylic acids is 3. The van der Waals surface area contributed by atoms with E-state index >= 15 is 0 Å². The summed E-state index contributed by atoms with van der Waals surface area (Å²) in [5.74, 6) is -0.658. The van der Waals surface area contributed by atoms with Crippen molar-refractivity contribution in [2.24, 2.45) is 5.92 Å². The number of rotatable bonds is 6. The van der Waals surface area contributed by atoms with Gasteiger partial charge in [0.05, 0.1) is 5.41 Å². The van der Waals surface area contributed by atoms with E-state index in [2.05, 4.69) is 10.6 Å². The number of halogens is 1. The van der Waals surface area contributed by atoms with Crippen LogP contribution in [0.1, 0.15) is 50.7 Å². The van der Waals surface area contributed by atoms with Gasteiger partial charge in [-0.1, -0.05) is 30.3 Å². The average molecular weight is 521 g/mol. The van der Waals surface area contributed by atoms with Gasteiger partial charge in [0.1, 0.15) is 11.9 Å². The van der Waals surface area contributed by atoms with Gasteiger partial charge >= 0.3 is 0 Å². The van der Waals surface area contributed by atoms with Crippen molar-refractivity contribution >= 4 is 23.4 Å². The van der Waals surface area contributed by atoms with E-state index in [1.54, 1.807) is 17.0 Å². The molecule has 1 unspecified atom stereocenters. The molecule has 2 saturated heterocycles. The Hall–Kier alpha value is -3.26. The fourth-order valence-corrected chi connectivity index (χ4v) is 6.14. The molecule has 3 aliphatic rings. The average Bonchev–Trinajstić information content (AvgIpc) is 3.13. The van der Waals surface area contributed by atoms with Gasteiger partial charge in [-0.15, -0.1) is 0 Å². The lowest BCUT2D eigenvalue weighted by molar-refractivity contribution is -0.138. The van der Waals surface area contributed by atoms with Crippen LogP contribution in [0.4, 0.5) is 10.1 Å². The Bertz CT molecular complexity index is 1200. The van der Waals surface area contributed by atoms with Gasteiger partial charge in [-0.25, -0.2) is 4.39 Å². The molecule has 2 N–H and O–H groups in total. The lowest BCUT2D eigenvalue weighted by Gasteiger charge is -2.39. The number of amides is 3. The minimum Gasteiger partial charge on any atom is -0.344 e. The minimum atomic E-state index is -0.760. The maximum atomic E-state index is 13.9. The van der Waals surface area contributed by atoms with E-state index in [1.807, 2.05) is 43.0 Å². The highest BCUT2D eigenvalue weighted by Crippen LogP contribution is 2.43. The normalized spacial score (nSPS) is 20.8. The smallest absolute Gasteiger partial charge is 0.245 e. The van der Waals surface area contributed by atoms with Crippen LogP contribution in [0.3, 0.4) is 0 Å². The molecule has 3 amide bonds. The molecule has 7 nitrogen and oxygen atoms in total. The van der Waals surface area contributed by atoms with Crippen molar-refractivity contribution in [1.82, 2.24) is 15.5 Å². The number of nitrogens with one attached hydrogen (secondary N) is 2. The van der Waals surface area contributed by atoms with Crippen LogP contribution < -0.4 is 15.5 Å². The van der Waals surface area contributed by atoms with Crippen LogP contribution in [-0.2, 0) is 26.2 Å². The molecular formula is C30H37FN4O3. The zero-order valence-electron chi connectivity index (χ0n) is 22.2. The number of likely N-dealkylation sites (tertiary alicyclic amines) is 1. The predicted molar refractivity (Wildman–Crippen MR) is 144 cm³/mol. The molecule has 3 aliphatic heterocycles. The van der Waals surface area contributed by atoms with Crippen molar-refractivity contribution in [1.29, 1.82) is 0 Å². The van der Waals surface area contributed by atoms with Crippen LogP contribution in [0.25, 0.3) is 0 Å². The van der Waals surface area contributed by atoms with Crippen LogP contribution in [0.2, 0.25) is 0 Å². The molecule has 202 valence electrons. The van der Waals surface area contributed by atoms with Crippen molar-refractivity contribution < 1.29 is 18.8 Å². The van der Waals surface area contributed by atoms with E-state index < -0.39 is 11.5 Å². The molecule has 5 rings (SSSR count). The van der Waals surface area contributed by atoms with Gasteiger partial charge in [0, 0.05) is 37.2 Å². The maximum absolute atomic E-state index is 13.9. The summed E-state index contributed by atoms with van der Waals surface area (Å²) in [5.41, 5.74) is 2.11. The molecule has 3 heterocycles. The van der Waals surface area contributed by atoms with E-state index in [4.69, 9.17) is 0 Å². The lowest BCUT2D eigenvalue weighted by Crippen LogP contribution is -2.55. The van der Waals surface area contributed by atoms with Gasteiger partial charge in [-0.3, -0.25) is 14.4 Å². The molecule has 2 fully saturated rings. The number of benzene rings is 2. The Morgan fingerprint density at radius 1 is 1.05 bits per heavy atom. The molecule has 2 aromatic carbocycles. The highest BCUT2D eigenvalue weighted by Gasteiger charge is 2.47. The number of anilines is 1. The van der Waals surface area contributed by atoms with Crippen LogP contribution in [-0.4, -0.2) is 60.9 Å². The molecular weight excluding hydrogens is 483 g/mol. The van der Waals surface area contributed by atoms with Crippen molar-refractivity contribution in [2.75, 3.05) is 31.1 Å². The fourth-order valence-electron chi connectivity index (χ4n) is 6.14. The summed E-state index contributed by atoms with van der Waals surface area (Å²) in [4.78, 5) is 43.9. The highest BCUT2D eigenvalue weighted by atomic mass is 19.1. The number of hydrogen-bond donors (Lipinski definition) is 2. The second kappa shape index (κ2) is 10.8. The Morgan fingerprint density at radius 2 is 1.76 bits per heavy atom. The van der Waals surface area contributed by atoms with Gasteiger partial charge in [0.25, 0.3) is 0 Å². The van der Waals surface area contributed by atoms with Gasteiger partial charge in [-0.05, 0) is 81.9 Å². The summed E-state index contributed by atoms with van der Waals surface area (Å²) in [7, 11) is 0. The van der Waals surface area contributed by atoms with E-state index in [0.29, 0.717) is 31.5 Å². The zero-order chi connectivity index (χ0) is 26.9. The van der Waals surface area contributed by atoms with Gasteiger partial charge < -0.3 is 20.4 Å². The number of fused-ring (bicyclic) bond motifs is 1. The summed E-state index contributed by atoms with van der Waals surface area (Å²) in [6.07, 6.45) is 3.03. The molecule has 0 radical (unpaired) electrons. The van der Waals surface area contributed by atoms with E-state index in [1.165, 1.54) is 12.1 Å². The number of piperidine rings is 2. The summed E-state index contributed by atoms with van der Waals surface area (Å²) in [6, 6.07) is 13.4. The number of para-hydroxylation sites is 1. The maximum Gasteiger partial charge on any atom is 0.245 e. The lowest BCUT2D eigenvalue weighted by atomic mass is 9.86. The SMILES string of the molecule is CC1(C)C(=O)N(C2CCN(C(=O)C(Cc3cccc(F)c3)NC(=O)C3CCNCC3)CC2)c2ccccc21. The van der Waals surface area contributed by atoms with E-state index in [-0.39, 0.29) is 41.9 Å². The number of nitrogens with zero attached hydrogens (tertiary/aromatic N) is 2. The van der Waals surface area contributed by atoms with Crippen molar-refractivity contribution in [3.8, 4) is 0 Å². The molecule has 1 atom stereocenters. The molecule has 0 spiro atoms. The predicted octanol–water partition coefficient (Wildman–Crippen LogP) is 3.17. The summed E-state index contributed by atoms with van der Waals surface area (Å²) in [6.45, 7) is 6.49. The Kier molecular flexibility index (Phi) is 7.52. The van der Waals surface area contributed by atoms with Crippen LogP contribution >= 0.6 is 0 Å². The fraction of sp³-hybridized carbons (Fsp3) is 0.500. The first kappa shape index (κ1) is 26.4. The van der Waals surface area contributed by atoms with Crippen LogP contribution in [0.15, 0.2) is 48.5 Å². The second-order valence-corrected chi connectivity index (χ2v) is 11.3. The second-order valence-electron chi connectivity index (χ2n) is 11.3. The molecule has 0 bridgehead atoms. The Morgan fingerprint density at radius 3 is 2.47 bits per heavy atom. The minimum absolute atomic E-state index is 0.0143. The standard InChI is InChI=1S/C30H37FN4O3/c1-30(2)24-8-3-4-9-26(24)35(29(30)38)23-12-16-34(17-13-23)28(37)25(19-20-6-5-7-22(31)18-20)33-27(36)21-10-14-32-15-11-21/h3-9,18,21,23,25,32H,10-17,19H2,1-2H3,(H,33,36). The molecule has 38 heavy (non-hydrogen) atoms. The first-order valence-corrected chi connectivity index (χ1v) is 13.7. The van der Waals surface area contributed by atoms with Crippen molar-refractivity contribution in [2.45, 2.75) is 63.5 Å². The summed E-state index contributed by atoms with van der Waals surface area (Å²) in [5, 5.41) is 6.26. The van der Waals surface area contributed by atoms with Gasteiger partial charge in [0.15, 0.2) is 0 Å². The molecule has 2 aromatic rings. The first-order chi connectivity index (χ1) is 18.3. The third-order valence-electron chi connectivity index (χ3n) is 8.39. The molecule has 0 aliphatic carbocycles. The monoisotopic (exact) mass is 520 g/mol. The highest BCUT2D eigenvalue weighted by molar-refractivity contribution is 6.08.